The minimum Gasteiger partial charge on any atom is -0.493 e. The molecule has 2 fully saturated rings. The van der Waals surface area contributed by atoms with Crippen LogP contribution in [0.1, 0.15) is 63.1 Å². The van der Waals surface area contributed by atoms with Crippen LogP contribution in [0.15, 0.2) is 42.5 Å². The van der Waals surface area contributed by atoms with Gasteiger partial charge in [0.25, 0.3) is 0 Å². The molecule has 6 nitrogen and oxygen atoms in total. The molecule has 36 heavy (non-hydrogen) atoms. The first-order valence-corrected chi connectivity index (χ1v) is 13.3. The molecule has 0 aromatic heterocycles. The van der Waals surface area contributed by atoms with E-state index in [4.69, 9.17) is 21.1 Å². The SMILES string of the molecule is COc1cc(CN(C[C@H]2CC[C@@H](C)C2)[C@@H](C)c2ccc(Cl)cc2)ccc1OCCN1C(=O)CCC1=O. The van der Waals surface area contributed by atoms with E-state index in [-0.39, 0.29) is 31.0 Å². The molecule has 0 N–H and O–H groups in total. The first-order chi connectivity index (χ1) is 17.3. The predicted octanol–water partition coefficient (Wildman–Crippen LogP) is 5.88. The summed E-state index contributed by atoms with van der Waals surface area (Å²) in [6, 6.07) is 14.4. The van der Waals surface area contributed by atoms with Crippen molar-refractivity contribution in [2.45, 2.75) is 58.5 Å². The minimum atomic E-state index is -0.127. The van der Waals surface area contributed by atoms with Gasteiger partial charge >= 0.3 is 0 Å². The highest BCUT2D eigenvalue weighted by molar-refractivity contribution is 6.30. The van der Waals surface area contributed by atoms with Crippen molar-refractivity contribution in [1.82, 2.24) is 9.80 Å². The average molecular weight is 513 g/mol. The molecule has 0 bridgehead atoms. The van der Waals surface area contributed by atoms with Crippen molar-refractivity contribution in [3.63, 3.8) is 0 Å². The van der Waals surface area contributed by atoms with Crippen molar-refractivity contribution in [3.8, 4) is 11.5 Å². The van der Waals surface area contributed by atoms with E-state index in [1.807, 2.05) is 24.3 Å². The fraction of sp³-hybridized carbons (Fsp3) is 0.517. The monoisotopic (exact) mass is 512 g/mol. The van der Waals surface area contributed by atoms with Gasteiger partial charge in [0.1, 0.15) is 6.61 Å². The summed E-state index contributed by atoms with van der Waals surface area (Å²) in [5.41, 5.74) is 2.40. The van der Waals surface area contributed by atoms with Crippen LogP contribution in [0.3, 0.4) is 0 Å². The van der Waals surface area contributed by atoms with Gasteiger partial charge in [-0.25, -0.2) is 0 Å². The molecule has 1 saturated carbocycles. The van der Waals surface area contributed by atoms with Crippen molar-refractivity contribution < 1.29 is 19.1 Å². The lowest BCUT2D eigenvalue weighted by molar-refractivity contribution is -0.138. The third-order valence-corrected chi connectivity index (χ3v) is 7.79. The minimum absolute atomic E-state index is 0.127. The molecule has 0 spiro atoms. The Morgan fingerprint density at radius 2 is 1.78 bits per heavy atom. The summed E-state index contributed by atoms with van der Waals surface area (Å²) in [6.07, 6.45) is 4.45. The highest BCUT2D eigenvalue weighted by atomic mass is 35.5. The third kappa shape index (κ3) is 6.60. The van der Waals surface area contributed by atoms with Gasteiger partial charge in [-0.15, -0.1) is 0 Å². The van der Waals surface area contributed by atoms with Crippen molar-refractivity contribution in [2.24, 2.45) is 11.8 Å². The van der Waals surface area contributed by atoms with Gasteiger partial charge in [-0.1, -0.05) is 43.1 Å². The Balaban J connectivity index is 1.45. The topological polar surface area (TPSA) is 59.1 Å². The number of hydrogen-bond acceptors (Lipinski definition) is 5. The number of imide groups is 1. The van der Waals surface area contributed by atoms with Crippen molar-refractivity contribution in [2.75, 3.05) is 26.8 Å². The van der Waals surface area contributed by atoms with Crippen LogP contribution in [0.2, 0.25) is 5.02 Å². The molecule has 194 valence electrons. The average Bonchev–Trinajstić information content (AvgIpc) is 3.43. The van der Waals surface area contributed by atoms with Gasteiger partial charge in [0.2, 0.25) is 11.8 Å². The van der Waals surface area contributed by atoms with Gasteiger partial charge in [-0.3, -0.25) is 19.4 Å². The molecule has 1 aliphatic heterocycles. The number of rotatable bonds is 11. The summed E-state index contributed by atoms with van der Waals surface area (Å²) in [7, 11) is 1.63. The van der Waals surface area contributed by atoms with E-state index in [1.54, 1.807) is 7.11 Å². The maximum Gasteiger partial charge on any atom is 0.229 e. The smallest absolute Gasteiger partial charge is 0.229 e. The number of hydrogen-bond donors (Lipinski definition) is 0. The number of likely N-dealkylation sites (tertiary alicyclic amines) is 1. The van der Waals surface area contributed by atoms with E-state index in [9.17, 15) is 9.59 Å². The maximum atomic E-state index is 11.8. The van der Waals surface area contributed by atoms with Crippen molar-refractivity contribution >= 4 is 23.4 Å². The molecule has 0 radical (unpaired) electrons. The Morgan fingerprint density at radius 3 is 2.42 bits per heavy atom. The quantitative estimate of drug-likeness (QED) is 0.352. The zero-order chi connectivity index (χ0) is 25.7. The van der Waals surface area contributed by atoms with Crippen LogP contribution < -0.4 is 9.47 Å². The summed E-state index contributed by atoms with van der Waals surface area (Å²) in [5, 5.41) is 0.751. The van der Waals surface area contributed by atoms with Crippen molar-refractivity contribution in [1.29, 1.82) is 0 Å². The summed E-state index contributed by atoms with van der Waals surface area (Å²) in [5.74, 6) is 2.51. The standard InChI is InChI=1S/C29H37ClN2O4/c1-20-4-5-22(16-20)18-31(21(2)24-7-9-25(30)10-8-24)19-23-6-11-26(27(17-23)35-3)36-15-14-32-28(33)12-13-29(32)34/h6-11,17,20-22H,4-5,12-16,18-19H2,1-3H3/t20-,21+,22+/m1/s1. The highest BCUT2D eigenvalue weighted by Gasteiger charge is 2.29. The van der Waals surface area contributed by atoms with Crippen LogP contribution in [0.25, 0.3) is 0 Å². The Morgan fingerprint density at radius 1 is 1.06 bits per heavy atom. The number of benzene rings is 2. The lowest BCUT2D eigenvalue weighted by Gasteiger charge is -2.32. The first-order valence-electron chi connectivity index (χ1n) is 13.0. The Kier molecular flexibility index (Phi) is 8.91. The number of nitrogens with zero attached hydrogens (tertiary/aromatic N) is 2. The van der Waals surface area contributed by atoms with E-state index < -0.39 is 0 Å². The summed E-state index contributed by atoms with van der Waals surface area (Å²) in [4.78, 5) is 27.5. The maximum absolute atomic E-state index is 11.8. The van der Waals surface area contributed by atoms with E-state index in [0.717, 1.165) is 29.6 Å². The van der Waals surface area contributed by atoms with Gasteiger partial charge in [0.05, 0.1) is 13.7 Å². The molecule has 1 saturated heterocycles. The van der Waals surface area contributed by atoms with Gasteiger partial charge in [-0.05, 0) is 67.0 Å². The van der Waals surface area contributed by atoms with E-state index in [0.29, 0.717) is 30.3 Å². The molecule has 1 aliphatic carbocycles. The summed E-state index contributed by atoms with van der Waals surface area (Å²) >= 11 is 6.14. The molecule has 7 heteroatoms. The molecule has 3 atom stereocenters. The van der Waals surface area contributed by atoms with Crippen LogP contribution in [-0.4, -0.2) is 48.4 Å². The van der Waals surface area contributed by atoms with E-state index in [1.165, 1.54) is 29.7 Å². The van der Waals surface area contributed by atoms with Crippen LogP contribution in [0, 0.1) is 11.8 Å². The van der Waals surface area contributed by atoms with E-state index >= 15 is 0 Å². The Bertz CT molecular complexity index is 1040. The second kappa shape index (κ2) is 12.1. The zero-order valence-corrected chi connectivity index (χ0v) is 22.3. The van der Waals surface area contributed by atoms with Gasteiger partial charge < -0.3 is 9.47 Å². The Hall–Kier alpha value is -2.57. The van der Waals surface area contributed by atoms with Gasteiger partial charge in [0, 0.05) is 37.0 Å². The molecule has 2 aromatic rings. The second-order valence-corrected chi connectivity index (χ2v) is 10.7. The molecular formula is C29H37ClN2O4. The molecular weight excluding hydrogens is 476 g/mol. The van der Waals surface area contributed by atoms with Crippen LogP contribution in [0.4, 0.5) is 0 Å². The molecule has 2 amide bonds. The number of ether oxygens (including phenoxy) is 2. The molecule has 4 rings (SSSR count). The molecule has 1 heterocycles. The lowest BCUT2D eigenvalue weighted by atomic mass is 10.0. The first kappa shape index (κ1) is 26.5. The number of methoxy groups -OCH3 is 1. The van der Waals surface area contributed by atoms with Crippen LogP contribution in [-0.2, 0) is 16.1 Å². The second-order valence-electron chi connectivity index (χ2n) is 10.2. The fourth-order valence-electron chi connectivity index (χ4n) is 5.42. The summed E-state index contributed by atoms with van der Waals surface area (Å²) in [6.45, 7) is 6.96. The predicted molar refractivity (Wildman–Crippen MR) is 141 cm³/mol. The fourth-order valence-corrected chi connectivity index (χ4v) is 5.54. The summed E-state index contributed by atoms with van der Waals surface area (Å²) < 4.78 is 11.5. The third-order valence-electron chi connectivity index (χ3n) is 7.54. The lowest BCUT2D eigenvalue weighted by Crippen LogP contribution is -2.33. The molecule has 0 unspecified atom stereocenters. The Labute approximate surface area is 219 Å². The number of amides is 2. The largest absolute Gasteiger partial charge is 0.493 e. The molecule has 2 aromatic carbocycles. The van der Waals surface area contributed by atoms with Gasteiger partial charge in [0.15, 0.2) is 11.5 Å². The number of carbonyl (C=O) groups is 2. The number of carbonyl (C=O) groups excluding carboxylic acids is 2. The van der Waals surface area contributed by atoms with Gasteiger partial charge in [-0.2, -0.15) is 0 Å². The number of halogens is 1. The van der Waals surface area contributed by atoms with E-state index in [2.05, 4.69) is 36.9 Å². The van der Waals surface area contributed by atoms with Crippen molar-refractivity contribution in [3.05, 3.63) is 58.6 Å². The highest BCUT2D eigenvalue weighted by Crippen LogP contribution is 2.35. The molecule has 2 aliphatic rings. The zero-order valence-electron chi connectivity index (χ0n) is 21.5. The van der Waals surface area contributed by atoms with Crippen LogP contribution in [0.5, 0.6) is 11.5 Å². The normalized spacial score (nSPS) is 20.9. The van der Waals surface area contributed by atoms with Crippen LogP contribution >= 0.6 is 11.6 Å².